The summed E-state index contributed by atoms with van der Waals surface area (Å²) in [5.74, 6) is -0.0232. The van der Waals surface area contributed by atoms with Gasteiger partial charge in [-0.15, -0.1) is 0 Å². The summed E-state index contributed by atoms with van der Waals surface area (Å²) in [5, 5.41) is 8.21. The van der Waals surface area contributed by atoms with Gasteiger partial charge >= 0.3 is 35.7 Å². The van der Waals surface area contributed by atoms with Crippen molar-refractivity contribution >= 4 is 16.3 Å². The van der Waals surface area contributed by atoms with Gasteiger partial charge in [0.2, 0.25) is 0 Å². The van der Waals surface area contributed by atoms with E-state index in [1.807, 2.05) is 0 Å². The van der Waals surface area contributed by atoms with Crippen molar-refractivity contribution in [2.45, 2.75) is 11.8 Å². The molecule has 0 spiro atoms. The van der Waals surface area contributed by atoms with Crippen LogP contribution in [0.2, 0.25) is 0 Å². The number of carboxylic acid groups (broad SMARTS) is 1. The number of benzene rings is 1. The summed E-state index contributed by atoms with van der Waals surface area (Å²) in [6.45, 7) is 5.00. The summed E-state index contributed by atoms with van der Waals surface area (Å²) >= 11 is 0. The van der Waals surface area contributed by atoms with Crippen molar-refractivity contribution in [1.82, 2.24) is 0 Å². The first-order valence-electron chi connectivity index (χ1n) is 4.08. The fourth-order valence-corrected chi connectivity index (χ4v) is 1.26. The molecule has 0 unspecified atom stereocenters. The van der Waals surface area contributed by atoms with Crippen molar-refractivity contribution in [2.75, 3.05) is 0 Å². The van der Waals surface area contributed by atoms with E-state index in [9.17, 15) is 13.2 Å². The van der Waals surface area contributed by atoms with Crippen LogP contribution in [-0.2, 0) is 10.1 Å². The summed E-state index contributed by atoms with van der Waals surface area (Å²) < 4.78 is 33.9. The van der Waals surface area contributed by atoms with Crippen LogP contribution in [-0.4, -0.2) is 24.2 Å². The second-order valence-corrected chi connectivity index (χ2v) is 3.74. The Balaban J connectivity index is 0. The fourth-order valence-electron chi connectivity index (χ4n) is 0.780. The molecule has 1 aromatic carbocycles. The van der Waals surface area contributed by atoms with Gasteiger partial charge in [-0.2, -0.15) is 15.3 Å². The molecular formula is C9H11NaO6S. The van der Waals surface area contributed by atoms with E-state index >= 15 is 0 Å². The number of hydrogen-bond donors (Lipinski definition) is 2. The van der Waals surface area contributed by atoms with Crippen LogP contribution < -0.4 is 34.3 Å². The Labute approximate surface area is 122 Å². The SMILES string of the molecule is O=C(O)Oc1ccc(S(=O)(=O)O)cc1.[CH2-]C.[Na+]. The molecule has 0 aromatic heterocycles. The molecular weight excluding hydrogens is 259 g/mol. The van der Waals surface area contributed by atoms with Crippen molar-refractivity contribution < 1.29 is 57.2 Å². The van der Waals surface area contributed by atoms with Crippen LogP contribution in [0.3, 0.4) is 0 Å². The third-order valence-corrected chi connectivity index (χ3v) is 2.19. The van der Waals surface area contributed by atoms with Gasteiger partial charge in [-0.3, -0.25) is 4.55 Å². The minimum Gasteiger partial charge on any atom is -0.449 e. The number of hydrogen-bond acceptors (Lipinski definition) is 4. The molecule has 0 saturated carbocycles. The monoisotopic (exact) mass is 270 g/mol. The largest absolute Gasteiger partial charge is 1.00 e. The molecule has 90 valence electrons. The molecule has 0 amide bonds. The Kier molecular flexibility index (Phi) is 9.36. The molecule has 0 bridgehead atoms. The second kappa shape index (κ2) is 8.48. The summed E-state index contributed by atoms with van der Waals surface area (Å²) in [6.07, 6.45) is -1.50. The van der Waals surface area contributed by atoms with Crippen molar-refractivity contribution in [2.24, 2.45) is 0 Å². The predicted molar refractivity (Wildman–Crippen MR) is 55.9 cm³/mol. The third-order valence-electron chi connectivity index (χ3n) is 1.33. The molecule has 0 saturated heterocycles. The molecule has 17 heavy (non-hydrogen) atoms. The maximum atomic E-state index is 10.6. The maximum absolute atomic E-state index is 10.6. The number of carbonyl (C=O) groups is 1. The molecule has 6 nitrogen and oxygen atoms in total. The number of rotatable bonds is 2. The van der Waals surface area contributed by atoms with Gasteiger partial charge in [-0.05, 0) is 24.3 Å². The summed E-state index contributed by atoms with van der Waals surface area (Å²) in [5.41, 5.74) is 0. The van der Waals surface area contributed by atoms with Crippen molar-refractivity contribution in [1.29, 1.82) is 0 Å². The summed E-state index contributed by atoms with van der Waals surface area (Å²) in [6, 6.07) is 4.32. The van der Waals surface area contributed by atoms with E-state index in [0.29, 0.717) is 0 Å². The van der Waals surface area contributed by atoms with Gasteiger partial charge in [0.1, 0.15) is 5.75 Å². The quantitative estimate of drug-likeness (QED) is 0.231. The van der Waals surface area contributed by atoms with E-state index in [-0.39, 0.29) is 40.2 Å². The zero-order valence-electron chi connectivity index (χ0n) is 9.45. The molecule has 0 aliphatic heterocycles. The molecule has 0 fully saturated rings. The van der Waals surface area contributed by atoms with Gasteiger partial charge < -0.3 is 16.8 Å². The first-order valence-corrected chi connectivity index (χ1v) is 5.52. The minimum absolute atomic E-state index is 0. The normalized spacial score (nSPS) is 9.35. The topological polar surface area (TPSA) is 101 Å². The Morgan fingerprint density at radius 1 is 1.24 bits per heavy atom. The molecule has 8 heteroatoms. The van der Waals surface area contributed by atoms with E-state index in [1.54, 1.807) is 6.92 Å². The van der Waals surface area contributed by atoms with Gasteiger partial charge in [0.25, 0.3) is 10.1 Å². The third kappa shape index (κ3) is 7.35. The van der Waals surface area contributed by atoms with Crippen molar-refractivity contribution in [3.05, 3.63) is 31.2 Å². The predicted octanol–water partition coefficient (Wildman–Crippen LogP) is -1.17. The minimum atomic E-state index is -4.25. The van der Waals surface area contributed by atoms with Crippen molar-refractivity contribution in [3.63, 3.8) is 0 Å². The molecule has 0 aliphatic rings. The maximum Gasteiger partial charge on any atom is 1.00 e. The van der Waals surface area contributed by atoms with Gasteiger partial charge in [0.05, 0.1) is 4.90 Å². The zero-order valence-corrected chi connectivity index (χ0v) is 12.3. The first-order chi connectivity index (χ1) is 7.39. The smallest absolute Gasteiger partial charge is 0.449 e. The van der Waals surface area contributed by atoms with Gasteiger partial charge in [0, 0.05) is 0 Å². The molecule has 0 heterocycles. The zero-order chi connectivity index (χ0) is 12.8. The van der Waals surface area contributed by atoms with Crippen LogP contribution in [0.15, 0.2) is 29.2 Å². The van der Waals surface area contributed by atoms with Crippen LogP contribution in [0, 0.1) is 6.92 Å². The Morgan fingerprint density at radius 3 is 1.94 bits per heavy atom. The van der Waals surface area contributed by atoms with E-state index in [4.69, 9.17) is 9.66 Å². The van der Waals surface area contributed by atoms with Crippen LogP contribution in [0.25, 0.3) is 0 Å². The molecule has 1 rings (SSSR count). The number of ether oxygens (including phenoxy) is 1. The van der Waals surface area contributed by atoms with Crippen LogP contribution in [0.5, 0.6) is 5.75 Å². The molecule has 2 N–H and O–H groups in total. The Bertz CT molecular complexity index is 439. The molecule has 0 atom stereocenters. The fraction of sp³-hybridized carbons (Fsp3) is 0.111. The van der Waals surface area contributed by atoms with E-state index < -0.39 is 16.3 Å². The Hall–Kier alpha value is -0.600. The standard InChI is InChI=1S/C7H6O6S.C2H5.Na/c8-7(9)13-5-1-3-6(4-2-5)14(10,11)12;1-2;/h1-4H,(H,8,9)(H,10,11,12);1H2,2H3;/q;-1;+1. The van der Waals surface area contributed by atoms with Gasteiger partial charge in [-0.25, -0.2) is 4.79 Å². The molecule has 0 radical (unpaired) electrons. The van der Waals surface area contributed by atoms with Crippen LogP contribution >= 0.6 is 0 Å². The van der Waals surface area contributed by atoms with Crippen molar-refractivity contribution in [3.8, 4) is 5.75 Å². The van der Waals surface area contributed by atoms with Crippen LogP contribution in [0.1, 0.15) is 6.92 Å². The summed E-state index contributed by atoms with van der Waals surface area (Å²) in [7, 11) is -4.25. The first kappa shape index (κ1) is 18.8. The average molecular weight is 270 g/mol. The van der Waals surface area contributed by atoms with E-state index in [2.05, 4.69) is 11.7 Å². The van der Waals surface area contributed by atoms with E-state index in [0.717, 1.165) is 24.3 Å². The average Bonchev–Trinajstić information content (AvgIpc) is 2.19. The summed E-state index contributed by atoms with van der Waals surface area (Å²) in [4.78, 5) is 9.74. The molecule has 1 aromatic rings. The van der Waals surface area contributed by atoms with E-state index in [1.165, 1.54) is 0 Å². The van der Waals surface area contributed by atoms with Gasteiger partial charge in [0.15, 0.2) is 0 Å². The Morgan fingerprint density at radius 2 is 1.65 bits per heavy atom. The van der Waals surface area contributed by atoms with Crippen LogP contribution in [0.4, 0.5) is 4.79 Å². The van der Waals surface area contributed by atoms with Gasteiger partial charge in [-0.1, -0.05) is 0 Å². The second-order valence-electron chi connectivity index (χ2n) is 2.31. The molecule has 0 aliphatic carbocycles.